The summed E-state index contributed by atoms with van der Waals surface area (Å²) in [5.74, 6) is 1.10. The van der Waals surface area contributed by atoms with Crippen molar-refractivity contribution in [2.45, 2.75) is 37.7 Å². The lowest BCUT2D eigenvalue weighted by molar-refractivity contribution is 0.481. The Kier molecular flexibility index (Phi) is 5.61. The van der Waals surface area contributed by atoms with Crippen LogP contribution in [0.15, 0.2) is 57.3 Å². The van der Waals surface area contributed by atoms with E-state index >= 15 is 0 Å². The van der Waals surface area contributed by atoms with E-state index in [0.29, 0.717) is 34.3 Å². The van der Waals surface area contributed by atoms with Crippen LogP contribution in [0.5, 0.6) is 0 Å². The maximum absolute atomic E-state index is 12.9. The number of hydrogen-bond donors (Lipinski definition) is 0. The van der Waals surface area contributed by atoms with Crippen LogP contribution in [0.4, 0.5) is 0 Å². The van der Waals surface area contributed by atoms with Crippen LogP contribution < -0.4 is 11.1 Å². The maximum Gasteiger partial charge on any atom is 0.262 e. The molecule has 5 nitrogen and oxygen atoms in total. The van der Waals surface area contributed by atoms with Crippen molar-refractivity contribution in [3.8, 4) is 0 Å². The summed E-state index contributed by atoms with van der Waals surface area (Å²) < 4.78 is 3.31. The second-order valence-electron chi connectivity index (χ2n) is 6.82. The summed E-state index contributed by atoms with van der Waals surface area (Å²) in [6, 6.07) is 11.0. The topological polar surface area (TPSA) is 56.9 Å². The number of thioether (sulfide) groups is 1. The van der Waals surface area contributed by atoms with Gasteiger partial charge in [0.1, 0.15) is 0 Å². The first-order chi connectivity index (χ1) is 12.5. The van der Waals surface area contributed by atoms with Gasteiger partial charge in [-0.2, -0.15) is 0 Å². The molecule has 0 saturated heterocycles. The average molecular weight is 369 g/mol. The number of rotatable bonds is 6. The van der Waals surface area contributed by atoms with Gasteiger partial charge in [0.15, 0.2) is 5.16 Å². The largest absolute Gasteiger partial charge is 0.319 e. The molecule has 1 aromatic carbocycles. The quantitative estimate of drug-likeness (QED) is 0.493. The van der Waals surface area contributed by atoms with Crippen LogP contribution in [0.3, 0.4) is 0 Å². The third-order valence-corrected chi connectivity index (χ3v) is 5.34. The molecule has 26 heavy (non-hydrogen) atoms. The van der Waals surface area contributed by atoms with Gasteiger partial charge in [-0.05, 0) is 36.1 Å². The normalized spacial score (nSPS) is 11.4. The minimum Gasteiger partial charge on any atom is -0.319 e. The van der Waals surface area contributed by atoms with E-state index in [0.717, 1.165) is 12.0 Å². The number of para-hydroxylation sites is 1. The van der Waals surface area contributed by atoms with Crippen LogP contribution in [0.1, 0.15) is 25.8 Å². The number of pyridine rings is 1. The van der Waals surface area contributed by atoms with Gasteiger partial charge >= 0.3 is 0 Å². The smallest absolute Gasteiger partial charge is 0.262 e. The van der Waals surface area contributed by atoms with E-state index in [4.69, 9.17) is 4.98 Å². The van der Waals surface area contributed by atoms with E-state index in [-0.39, 0.29) is 11.1 Å². The Morgan fingerprint density at radius 2 is 1.92 bits per heavy atom. The minimum absolute atomic E-state index is 0.00252. The summed E-state index contributed by atoms with van der Waals surface area (Å²) in [5.41, 5.74) is 1.61. The van der Waals surface area contributed by atoms with E-state index in [1.165, 1.54) is 11.8 Å². The monoisotopic (exact) mass is 369 g/mol. The summed E-state index contributed by atoms with van der Waals surface area (Å²) in [6.07, 6.45) is 2.68. The minimum atomic E-state index is -0.0354. The molecule has 0 bridgehead atoms. The van der Waals surface area contributed by atoms with Crippen molar-refractivity contribution in [2.24, 2.45) is 13.0 Å². The third kappa shape index (κ3) is 4.07. The zero-order valence-corrected chi connectivity index (χ0v) is 16.1. The molecular weight excluding hydrogens is 346 g/mol. The van der Waals surface area contributed by atoms with Crippen molar-refractivity contribution in [3.63, 3.8) is 0 Å². The van der Waals surface area contributed by atoms with E-state index in [1.807, 2.05) is 30.3 Å². The van der Waals surface area contributed by atoms with Crippen LogP contribution in [0.25, 0.3) is 10.9 Å². The SMILES string of the molecule is CC(C)CCn1c(SCc2ccn(C)c(=O)c2)nc2ccccc2c1=O. The molecule has 0 atom stereocenters. The number of nitrogens with zero attached hydrogens (tertiary/aromatic N) is 3. The van der Waals surface area contributed by atoms with Crippen LogP contribution in [0.2, 0.25) is 0 Å². The molecule has 0 aliphatic rings. The fraction of sp³-hybridized carbons (Fsp3) is 0.350. The first kappa shape index (κ1) is 18.5. The Balaban J connectivity index is 1.96. The molecule has 3 aromatic rings. The summed E-state index contributed by atoms with van der Waals surface area (Å²) in [4.78, 5) is 29.4. The third-order valence-electron chi connectivity index (χ3n) is 4.29. The Labute approximate surface area is 156 Å². The summed E-state index contributed by atoms with van der Waals surface area (Å²) >= 11 is 1.50. The van der Waals surface area contributed by atoms with Gasteiger partial charge in [0.05, 0.1) is 10.9 Å². The molecule has 0 fully saturated rings. The summed E-state index contributed by atoms with van der Waals surface area (Å²) in [7, 11) is 1.73. The molecular formula is C20H23N3O2S. The molecule has 0 aliphatic carbocycles. The Hall–Kier alpha value is -2.34. The predicted molar refractivity (Wildman–Crippen MR) is 107 cm³/mol. The molecule has 0 unspecified atom stereocenters. The molecule has 0 N–H and O–H groups in total. The maximum atomic E-state index is 12.9. The predicted octanol–water partition coefficient (Wildman–Crippen LogP) is 3.43. The van der Waals surface area contributed by atoms with Crippen LogP contribution >= 0.6 is 11.8 Å². The highest BCUT2D eigenvalue weighted by Gasteiger charge is 2.12. The van der Waals surface area contributed by atoms with Gasteiger partial charge < -0.3 is 4.57 Å². The summed E-state index contributed by atoms with van der Waals surface area (Å²) in [6.45, 7) is 4.94. The molecule has 6 heteroatoms. The highest BCUT2D eigenvalue weighted by Crippen LogP contribution is 2.22. The van der Waals surface area contributed by atoms with Crippen LogP contribution in [-0.2, 0) is 19.3 Å². The standard InChI is InChI=1S/C20H23N3O2S/c1-14(2)8-11-23-19(25)16-6-4-5-7-17(16)21-20(23)26-13-15-9-10-22(3)18(24)12-15/h4-7,9-10,12,14H,8,11,13H2,1-3H3. The van der Waals surface area contributed by atoms with E-state index < -0.39 is 0 Å². The van der Waals surface area contributed by atoms with Crippen molar-refractivity contribution >= 4 is 22.7 Å². The molecule has 3 rings (SSSR count). The fourth-order valence-corrected chi connectivity index (χ4v) is 3.64. The second-order valence-corrected chi connectivity index (χ2v) is 7.77. The van der Waals surface area contributed by atoms with Gasteiger partial charge in [-0.15, -0.1) is 0 Å². The average Bonchev–Trinajstić information content (AvgIpc) is 2.62. The molecule has 2 heterocycles. The highest BCUT2D eigenvalue weighted by molar-refractivity contribution is 7.98. The number of hydrogen-bond acceptors (Lipinski definition) is 4. The van der Waals surface area contributed by atoms with Crippen LogP contribution in [0, 0.1) is 5.92 Å². The van der Waals surface area contributed by atoms with Crippen LogP contribution in [-0.4, -0.2) is 14.1 Å². The highest BCUT2D eigenvalue weighted by atomic mass is 32.2. The first-order valence-electron chi connectivity index (χ1n) is 8.73. The lowest BCUT2D eigenvalue weighted by atomic mass is 10.1. The number of aromatic nitrogens is 3. The molecule has 0 saturated carbocycles. The number of fused-ring (bicyclic) bond motifs is 1. The second kappa shape index (κ2) is 7.91. The van der Waals surface area contributed by atoms with Crippen molar-refractivity contribution in [2.75, 3.05) is 0 Å². The van der Waals surface area contributed by atoms with E-state index in [9.17, 15) is 9.59 Å². The fourth-order valence-electron chi connectivity index (χ4n) is 2.67. The number of benzene rings is 1. The van der Waals surface area contributed by atoms with Gasteiger partial charge in [0, 0.05) is 31.6 Å². The van der Waals surface area contributed by atoms with Gasteiger partial charge in [-0.1, -0.05) is 37.7 Å². The Bertz CT molecular complexity index is 1040. The molecule has 0 aliphatic heterocycles. The van der Waals surface area contributed by atoms with Crippen molar-refractivity contribution in [1.82, 2.24) is 14.1 Å². The Morgan fingerprint density at radius 3 is 2.65 bits per heavy atom. The molecule has 0 radical (unpaired) electrons. The van der Waals surface area contributed by atoms with Gasteiger partial charge in [-0.25, -0.2) is 4.98 Å². The molecule has 0 amide bonds. The molecule has 2 aromatic heterocycles. The van der Waals surface area contributed by atoms with E-state index in [1.54, 1.807) is 28.4 Å². The lowest BCUT2D eigenvalue weighted by Crippen LogP contribution is -2.24. The van der Waals surface area contributed by atoms with Gasteiger partial charge in [-0.3, -0.25) is 14.2 Å². The van der Waals surface area contributed by atoms with Crippen molar-refractivity contribution in [3.05, 3.63) is 68.9 Å². The molecule has 136 valence electrons. The van der Waals surface area contributed by atoms with E-state index in [2.05, 4.69) is 13.8 Å². The first-order valence-corrected chi connectivity index (χ1v) is 9.72. The Morgan fingerprint density at radius 1 is 1.15 bits per heavy atom. The zero-order valence-electron chi connectivity index (χ0n) is 15.3. The molecule has 0 spiro atoms. The van der Waals surface area contributed by atoms with Crippen molar-refractivity contribution < 1.29 is 0 Å². The number of aryl methyl sites for hydroxylation is 1. The summed E-state index contributed by atoms with van der Waals surface area (Å²) in [5, 5.41) is 1.35. The zero-order chi connectivity index (χ0) is 18.7. The van der Waals surface area contributed by atoms with Crippen molar-refractivity contribution in [1.29, 1.82) is 0 Å². The van der Waals surface area contributed by atoms with Gasteiger partial charge in [0.2, 0.25) is 0 Å². The van der Waals surface area contributed by atoms with Gasteiger partial charge in [0.25, 0.3) is 11.1 Å². The lowest BCUT2D eigenvalue weighted by Gasteiger charge is -2.14.